The molecule has 1 unspecified atom stereocenters. The molecule has 8 aromatic rings. The van der Waals surface area contributed by atoms with Gasteiger partial charge in [-0.3, -0.25) is 4.99 Å². The Morgan fingerprint density at radius 1 is 0.625 bits per heavy atom. The summed E-state index contributed by atoms with van der Waals surface area (Å²) in [6.07, 6.45) is 1.55. The van der Waals surface area contributed by atoms with E-state index in [-0.39, 0.29) is 0 Å². The summed E-state index contributed by atoms with van der Waals surface area (Å²) >= 11 is 0. The normalized spacial score (nSPS) is 17.8. The average molecular weight is 619 g/mol. The minimum Gasteiger partial charge on any atom is -0.458 e. The van der Waals surface area contributed by atoms with Crippen LogP contribution in [0.2, 0.25) is 0 Å². The maximum Gasteiger partial charge on any atom is 0.148 e. The van der Waals surface area contributed by atoms with Gasteiger partial charge < -0.3 is 19.5 Å². The Balaban J connectivity index is 1.14. The highest BCUT2D eigenvalue weighted by atomic mass is 16.3. The van der Waals surface area contributed by atoms with Gasteiger partial charge in [0.15, 0.2) is 0 Å². The molecule has 2 N–H and O–H groups in total. The first-order valence-corrected chi connectivity index (χ1v) is 16.2. The molecule has 226 valence electrons. The molecule has 0 bridgehead atoms. The Morgan fingerprint density at radius 2 is 1.38 bits per heavy atom. The topological polar surface area (TPSA) is 75.1 Å². The van der Waals surface area contributed by atoms with E-state index < -0.39 is 6.17 Å². The highest BCUT2D eigenvalue weighted by Crippen LogP contribution is 2.47. The van der Waals surface area contributed by atoms with Gasteiger partial charge in [-0.15, -0.1) is 0 Å². The van der Waals surface area contributed by atoms with Gasteiger partial charge in [-0.05, 0) is 57.3 Å². The summed E-state index contributed by atoms with van der Waals surface area (Å²) in [4.78, 5) is 10.1. The summed E-state index contributed by atoms with van der Waals surface area (Å²) in [7, 11) is 0. The number of rotatable bonds is 2. The van der Waals surface area contributed by atoms with Gasteiger partial charge >= 0.3 is 0 Å². The lowest BCUT2D eigenvalue weighted by Gasteiger charge is -2.29. The number of benzene rings is 6. The van der Waals surface area contributed by atoms with Crippen molar-refractivity contribution in [2.24, 2.45) is 9.98 Å². The molecular formula is C42H26N4O2. The van der Waals surface area contributed by atoms with Crippen LogP contribution in [0, 0.1) is 0 Å². The number of fused-ring (bicyclic) bond motifs is 9. The summed E-state index contributed by atoms with van der Waals surface area (Å²) in [6, 6.07) is 42.4. The molecule has 0 saturated carbocycles. The number of furan rings is 2. The molecule has 2 aromatic heterocycles. The van der Waals surface area contributed by atoms with Gasteiger partial charge in [-0.25, -0.2) is 4.99 Å². The van der Waals surface area contributed by atoms with Crippen LogP contribution in [0.15, 0.2) is 146 Å². The molecule has 0 fully saturated rings. The van der Waals surface area contributed by atoms with E-state index in [1.54, 1.807) is 0 Å². The number of amidine groups is 1. The second kappa shape index (κ2) is 9.56. The zero-order chi connectivity index (χ0) is 31.3. The van der Waals surface area contributed by atoms with E-state index in [4.69, 9.17) is 18.8 Å². The molecule has 6 nitrogen and oxygen atoms in total. The fourth-order valence-corrected chi connectivity index (χ4v) is 7.87. The number of hydrogen-bond donors (Lipinski definition) is 2. The first-order valence-electron chi connectivity index (χ1n) is 16.2. The van der Waals surface area contributed by atoms with Gasteiger partial charge in [0.25, 0.3) is 0 Å². The molecular weight excluding hydrogens is 592 g/mol. The first-order chi connectivity index (χ1) is 23.8. The van der Waals surface area contributed by atoms with Crippen LogP contribution in [-0.4, -0.2) is 12.1 Å². The molecule has 6 heteroatoms. The van der Waals surface area contributed by atoms with Crippen LogP contribution in [0.5, 0.6) is 0 Å². The van der Waals surface area contributed by atoms with Crippen LogP contribution in [0.4, 0.5) is 0 Å². The fourth-order valence-electron chi connectivity index (χ4n) is 7.87. The standard InChI is InChI=1S/C42H26N4O2/c1-3-15-33-28(10-1)38-30(14-7-17-35(38)47-33)41-44-40(24-18-19-25-26-12-5-8-23-9-6-13-27(37(23)26)31(25)20-24)45-42(46-41)32-21-43-22-36-39(32)29-11-2-4-16-34(29)48-36/h1-21,41,46H,22H2,(H,44,45). The third kappa shape index (κ3) is 3.57. The first kappa shape index (κ1) is 25.8. The largest absolute Gasteiger partial charge is 0.458 e. The number of para-hydroxylation sites is 2. The van der Waals surface area contributed by atoms with Crippen molar-refractivity contribution in [2.75, 3.05) is 0 Å². The molecule has 6 aromatic carbocycles. The van der Waals surface area contributed by atoms with Gasteiger partial charge in [0.1, 0.15) is 40.3 Å². The lowest BCUT2D eigenvalue weighted by molar-refractivity contribution is 0.549. The Kier molecular flexibility index (Phi) is 5.13. The van der Waals surface area contributed by atoms with Crippen molar-refractivity contribution in [3.05, 3.63) is 150 Å². The van der Waals surface area contributed by atoms with Crippen LogP contribution >= 0.6 is 0 Å². The molecule has 3 aliphatic rings. The molecule has 0 saturated heterocycles. The highest BCUT2D eigenvalue weighted by molar-refractivity contribution is 6.19. The number of nitrogens with zero attached hydrogens (tertiary/aromatic N) is 2. The van der Waals surface area contributed by atoms with Crippen molar-refractivity contribution < 1.29 is 8.83 Å². The predicted octanol–water partition coefficient (Wildman–Crippen LogP) is 9.72. The number of hydrogen-bond acceptors (Lipinski definition) is 6. The van der Waals surface area contributed by atoms with Crippen molar-refractivity contribution in [3.8, 4) is 22.3 Å². The van der Waals surface area contributed by atoms with Crippen LogP contribution in [-0.2, 0) is 6.54 Å². The van der Waals surface area contributed by atoms with Gasteiger partial charge in [0.05, 0.1) is 6.54 Å². The zero-order valence-electron chi connectivity index (χ0n) is 25.6. The summed E-state index contributed by atoms with van der Waals surface area (Å²) in [5.41, 5.74) is 11.6. The Bertz CT molecular complexity index is 2770. The van der Waals surface area contributed by atoms with Crippen molar-refractivity contribution >= 4 is 61.3 Å². The van der Waals surface area contributed by atoms with E-state index in [2.05, 4.69) is 95.6 Å². The van der Waals surface area contributed by atoms with Gasteiger partial charge in [0.2, 0.25) is 0 Å². The van der Waals surface area contributed by atoms with Crippen LogP contribution in [0.1, 0.15) is 28.6 Å². The third-order valence-corrected chi connectivity index (χ3v) is 9.95. The number of aliphatic imine (C=N–C) groups is 2. The maximum absolute atomic E-state index is 6.29. The van der Waals surface area contributed by atoms with Crippen molar-refractivity contribution in [1.29, 1.82) is 0 Å². The van der Waals surface area contributed by atoms with E-state index >= 15 is 0 Å². The maximum atomic E-state index is 6.29. The molecule has 0 amide bonds. The monoisotopic (exact) mass is 618 g/mol. The zero-order valence-corrected chi connectivity index (χ0v) is 25.6. The number of nitrogens with one attached hydrogen (secondary N) is 2. The summed E-state index contributed by atoms with van der Waals surface area (Å²) < 4.78 is 12.6. The van der Waals surface area contributed by atoms with Gasteiger partial charge in [-0.1, -0.05) is 97.1 Å². The second-order valence-electron chi connectivity index (χ2n) is 12.6. The molecule has 0 spiro atoms. The average Bonchev–Trinajstić information content (AvgIpc) is 3.82. The molecule has 1 atom stereocenters. The molecule has 2 aliphatic heterocycles. The van der Waals surface area contributed by atoms with Crippen molar-refractivity contribution in [1.82, 2.24) is 10.6 Å². The van der Waals surface area contributed by atoms with E-state index in [0.29, 0.717) is 6.54 Å². The van der Waals surface area contributed by atoms with Crippen LogP contribution in [0.3, 0.4) is 0 Å². The van der Waals surface area contributed by atoms with Gasteiger partial charge in [-0.2, -0.15) is 0 Å². The number of allylic oxidation sites excluding steroid dienone is 1. The fraction of sp³-hybridized carbons (Fsp3) is 0.0476. The summed E-state index contributed by atoms with van der Waals surface area (Å²) in [5.74, 6) is 2.47. The van der Waals surface area contributed by atoms with Gasteiger partial charge in [0, 0.05) is 44.6 Å². The molecule has 0 radical (unpaired) electrons. The third-order valence-electron chi connectivity index (χ3n) is 9.95. The van der Waals surface area contributed by atoms with Crippen LogP contribution in [0.25, 0.3) is 71.5 Å². The van der Waals surface area contributed by atoms with Crippen LogP contribution < -0.4 is 10.6 Å². The lowest BCUT2D eigenvalue weighted by atomic mass is 9.98. The second-order valence-corrected chi connectivity index (χ2v) is 12.6. The molecule has 48 heavy (non-hydrogen) atoms. The Morgan fingerprint density at radius 3 is 2.25 bits per heavy atom. The minimum atomic E-state index is -0.403. The van der Waals surface area contributed by atoms with Crippen molar-refractivity contribution in [3.63, 3.8) is 0 Å². The summed E-state index contributed by atoms with van der Waals surface area (Å²) in [6.45, 7) is 0.502. The SMILES string of the molecule is C1=NCc2oc3ccccc3c2C1=C1NC(c2ccc3c(c2)-c2cccc4cccc-3c24)=NC(c2cccc3oc4ccccc4c23)N1. The highest BCUT2D eigenvalue weighted by Gasteiger charge is 2.30. The van der Waals surface area contributed by atoms with E-state index in [1.165, 1.54) is 33.0 Å². The lowest BCUT2D eigenvalue weighted by Crippen LogP contribution is -2.41. The van der Waals surface area contributed by atoms with E-state index in [1.807, 2.05) is 42.6 Å². The quantitative estimate of drug-likeness (QED) is 0.202. The molecule has 1 aliphatic carbocycles. The van der Waals surface area contributed by atoms with Crippen molar-refractivity contribution in [2.45, 2.75) is 12.7 Å². The Labute approximate surface area is 274 Å². The Hall–Kier alpha value is -6.40. The summed E-state index contributed by atoms with van der Waals surface area (Å²) in [5, 5.41) is 13.2. The molecule has 4 heterocycles. The predicted molar refractivity (Wildman–Crippen MR) is 193 cm³/mol. The minimum absolute atomic E-state index is 0.403. The smallest absolute Gasteiger partial charge is 0.148 e. The molecule has 11 rings (SSSR count). The van der Waals surface area contributed by atoms with E-state index in [0.717, 1.165) is 72.6 Å². The van der Waals surface area contributed by atoms with E-state index in [9.17, 15) is 0 Å².